The molecule has 0 spiro atoms. The lowest BCUT2D eigenvalue weighted by Gasteiger charge is -2.25. The highest BCUT2D eigenvalue weighted by atomic mass is 16.3. The van der Waals surface area contributed by atoms with Crippen molar-refractivity contribution in [3.63, 3.8) is 0 Å². The van der Waals surface area contributed by atoms with Gasteiger partial charge in [-0.2, -0.15) is 0 Å². The number of rotatable bonds is 0. The summed E-state index contributed by atoms with van der Waals surface area (Å²) in [5, 5.41) is 9.30. The first-order chi connectivity index (χ1) is 4.61. The van der Waals surface area contributed by atoms with Crippen molar-refractivity contribution in [2.75, 3.05) is 0 Å². The molecule has 0 amide bonds. The van der Waals surface area contributed by atoms with E-state index in [2.05, 4.69) is 6.58 Å². The van der Waals surface area contributed by atoms with Gasteiger partial charge in [0.1, 0.15) is 0 Å². The fourth-order valence-electron chi connectivity index (χ4n) is 1.15. The molecular formula is C8H14O. The predicted molar refractivity (Wildman–Crippen MR) is 38.2 cm³/mol. The van der Waals surface area contributed by atoms with E-state index in [0.717, 1.165) is 12.0 Å². The highest BCUT2D eigenvalue weighted by Crippen LogP contribution is 2.26. The molecule has 1 aliphatic rings. The fraction of sp³-hybridized carbons (Fsp3) is 0.750. The Bertz CT molecular complexity index is 144. The van der Waals surface area contributed by atoms with Gasteiger partial charge in [0.15, 0.2) is 0 Å². The van der Waals surface area contributed by atoms with E-state index < -0.39 is 0 Å². The van der Waals surface area contributed by atoms with E-state index in [-0.39, 0.29) is 12.5 Å². The molecule has 0 saturated heterocycles. The van der Waals surface area contributed by atoms with Gasteiger partial charge in [0.05, 0.1) is 6.10 Å². The molecule has 1 nitrogen and oxygen atoms in total. The Morgan fingerprint density at radius 2 is 2.56 bits per heavy atom. The second-order valence-corrected chi connectivity index (χ2v) is 2.85. The molecule has 0 bridgehead atoms. The maximum atomic E-state index is 9.30. The summed E-state index contributed by atoms with van der Waals surface area (Å²) in [6.45, 7) is 5.78. The largest absolute Gasteiger partial charge is 0.393 e. The molecule has 0 unspecified atom stereocenters. The molecule has 0 radical (unpaired) electrons. The average Bonchev–Trinajstić information content (AvgIpc) is 1.84. The predicted octanol–water partition coefficient (Wildman–Crippen LogP) is 1.72. The molecule has 52 valence electrons. The lowest BCUT2D eigenvalue weighted by atomic mass is 9.85. The quantitative estimate of drug-likeness (QED) is 0.492. The van der Waals surface area contributed by atoms with Crippen LogP contribution in [-0.2, 0) is 0 Å². The average molecular weight is 128 g/mol. The SMILES string of the molecule is [3H][C@@H]1C[C@@H](O)[C@H](C)CC1=C. The van der Waals surface area contributed by atoms with Crippen molar-refractivity contribution in [1.29, 1.82) is 0 Å². The molecule has 9 heavy (non-hydrogen) atoms. The van der Waals surface area contributed by atoms with Crippen LogP contribution in [0.4, 0.5) is 0 Å². The number of hydrogen-bond donors (Lipinski definition) is 1. The van der Waals surface area contributed by atoms with Crippen molar-refractivity contribution in [2.45, 2.75) is 32.3 Å². The van der Waals surface area contributed by atoms with Crippen LogP contribution in [0, 0.1) is 5.92 Å². The second kappa shape index (κ2) is 2.53. The van der Waals surface area contributed by atoms with Crippen LogP contribution in [0.5, 0.6) is 0 Å². The molecule has 1 aliphatic carbocycles. The summed E-state index contributed by atoms with van der Waals surface area (Å²) >= 11 is 0. The third kappa shape index (κ3) is 1.55. The van der Waals surface area contributed by atoms with Crippen LogP contribution < -0.4 is 0 Å². The normalized spacial score (nSPS) is 46.7. The van der Waals surface area contributed by atoms with Gasteiger partial charge in [0.2, 0.25) is 0 Å². The van der Waals surface area contributed by atoms with Crippen LogP contribution in [0.2, 0.25) is 0 Å². The van der Waals surface area contributed by atoms with Crippen molar-refractivity contribution in [3.8, 4) is 0 Å². The van der Waals surface area contributed by atoms with Crippen molar-refractivity contribution >= 4 is 0 Å². The van der Waals surface area contributed by atoms with Crippen molar-refractivity contribution < 1.29 is 6.48 Å². The summed E-state index contributed by atoms with van der Waals surface area (Å²) in [6.07, 6.45) is 0.870. The van der Waals surface area contributed by atoms with E-state index in [0.29, 0.717) is 12.3 Å². The van der Waals surface area contributed by atoms with Gasteiger partial charge in [-0.3, -0.25) is 0 Å². The number of hydrogen-bond acceptors (Lipinski definition) is 1. The van der Waals surface area contributed by atoms with Gasteiger partial charge in [-0.25, -0.2) is 0 Å². The highest BCUT2D eigenvalue weighted by molar-refractivity contribution is 5.00. The van der Waals surface area contributed by atoms with E-state index in [1.165, 1.54) is 0 Å². The smallest absolute Gasteiger partial charge is 0.0571 e. The topological polar surface area (TPSA) is 20.2 Å². The van der Waals surface area contributed by atoms with E-state index in [9.17, 15) is 5.11 Å². The second-order valence-electron chi connectivity index (χ2n) is 2.85. The van der Waals surface area contributed by atoms with Crippen LogP contribution in [0.1, 0.15) is 27.5 Å². The number of aliphatic hydroxyl groups is 1. The Morgan fingerprint density at radius 3 is 3.11 bits per heavy atom. The summed E-state index contributed by atoms with van der Waals surface area (Å²) in [7, 11) is 0. The molecule has 3 atom stereocenters. The fourth-order valence-corrected chi connectivity index (χ4v) is 1.15. The van der Waals surface area contributed by atoms with E-state index >= 15 is 0 Å². The molecule has 0 aromatic rings. The summed E-state index contributed by atoms with van der Waals surface area (Å²) in [5.41, 5.74) is 0.970. The minimum Gasteiger partial charge on any atom is -0.393 e. The molecular weight excluding hydrogens is 112 g/mol. The molecule has 1 N–H and O–H groups in total. The van der Waals surface area contributed by atoms with E-state index in [1.54, 1.807) is 0 Å². The lowest BCUT2D eigenvalue weighted by Crippen LogP contribution is -2.22. The minimum atomic E-state index is -0.284. The van der Waals surface area contributed by atoms with Crippen LogP contribution in [0.3, 0.4) is 0 Å². The number of allylic oxidation sites excluding steroid dienone is 1. The van der Waals surface area contributed by atoms with Gasteiger partial charge in [0, 0.05) is 1.37 Å². The van der Waals surface area contributed by atoms with Crippen molar-refractivity contribution in [3.05, 3.63) is 12.2 Å². The monoisotopic (exact) mass is 128 g/mol. The summed E-state index contributed by atoms with van der Waals surface area (Å²) in [6, 6.07) is 0. The first-order valence-corrected chi connectivity index (χ1v) is 3.39. The Hall–Kier alpha value is -0.300. The Morgan fingerprint density at radius 1 is 1.89 bits per heavy atom. The Labute approximate surface area is 57.8 Å². The van der Waals surface area contributed by atoms with Gasteiger partial charge in [-0.1, -0.05) is 19.1 Å². The van der Waals surface area contributed by atoms with Crippen molar-refractivity contribution in [2.24, 2.45) is 5.92 Å². The van der Waals surface area contributed by atoms with Crippen LogP contribution >= 0.6 is 0 Å². The molecule has 1 saturated carbocycles. The van der Waals surface area contributed by atoms with Gasteiger partial charge in [-0.15, -0.1) is 0 Å². The minimum absolute atomic E-state index is 0.230. The maximum Gasteiger partial charge on any atom is 0.0571 e. The molecule has 0 aromatic carbocycles. The van der Waals surface area contributed by atoms with E-state index in [4.69, 9.17) is 1.37 Å². The lowest BCUT2D eigenvalue weighted by molar-refractivity contribution is 0.0944. The third-order valence-electron chi connectivity index (χ3n) is 1.89. The van der Waals surface area contributed by atoms with Gasteiger partial charge in [-0.05, 0) is 25.2 Å². The highest BCUT2D eigenvalue weighted by Gasteiger charge is 2.19. The summed E-state index contributed by atoms with van der Waals surface area (Å²) in [4.78, 5) is 0. The first-order valence-electron chi connectivity index (χ1n) is 3.97. The molecule has 1 heteroatoms. The number of aliphatic hydroxyl groups excluding tert-OH is 1. The van der Waals surface area contributed by atoms with Crippen LogP contribution in [0.25, 0.3) is 0 Å². The van der Waals surface area contributed by atoms with Crippen LogP contribution in [-0.4, -0.2) is 11.2 Å². The van der Waals surface area contributed by atoms with Crippen molar-refractivity contribution in [1.82, 2.24) is 0 Å². The molecule has 0 aliphatic heterocycles. The standard InChI is InChI=1S/C8H14O/c1-6-3-4-8(9)7(2)5-6/h7-9H,1,3-5H2,2H3/t7-,8-/m1/s1/i3T/t3-,7-,8-. The van der Waals surface area contributed by atoms with E-state index in [1.807, 2.05) is 6.92 Å². The Kier molecular flexibility index (Phi) is 1.54. The zero-order valence-corrected chi connectivity index (χ0v) is 5.80. The Balaban J connectivity index is 2.54. The van der Waals surface area contributed by atoms with Gasteiger partial charge < -0.3 is 5.11 Å². The van der Waals surface area contributed by atoms with Gasteiger partial charge >= 0.3 is 0 Å². The first kappa shape index (κ1) is 5.48. The molecule has 0 heterocycles. The van der Waals surface area contributed by atoms with Gasteiger partial charge in [0.25, 0.3) is 0 Å². The summed E-state index contributed by atoms with van der Waals surface area (Å²) < 4.78 is 7.44. The molecule has 0 aromatic heterocycles. The molecule has 1 fully saturated rings. The zero-order chi connectivity index (χ0) is 7.72. The maximum absolute atomic E-state index is 9.30. The zero-order valence-electron chi connectivity index (χ0n) is 6.80. The molecule has 1 rings (SSSR count). The third-order valence-corrected chi connectivity index (χ3v) is 1.89. The van der Waals surface area contributed by atoms with Crippen LogP contribution in [0.15, 0.2) is 12.2 Å². The summed E-state index contributed by atoms with van der Waals surface area (Å²) in [5.74, 6) is 0.300.